The number of imidazole rings is 1. The molecule has 35 heavy (non-hydrogen) atoms. The van der Waals surface area contributed by atoms with E-state index < -0.39 is 0 Å². The van der Waals surface area contributed by atoms with Gasteiger partial charge in [-0.05, 0) is 59.9 Å². The van der Waals surface area contributed by atoms with Crippen LogP contribution in [0.2, 0.25) is 0 Å². The molecule has 0 fully saturated rings. The van der Waals surface area contributed by atoms with Crippen LogP contribution in [0.4, 0.5) is 0 Å². The van der Waals surface area contributed by atoms with Gasteiger partial charge >= 0.3 is 0 Å². The number of hydrogen-bond donors (Lipinski definition) is 0. The highest BCUT2D eigenvalue weighted by Crippen LogP contribution is 2.41. The molecule has 4 aromatic rings. The van der Waals surface area contributed by atoms with Gasteiger partial charge in [0.05, 0.1) is 13.5 Å². The van der Waals surface area contributed by atoms with Crippen molar-refractivity contribution >= 4 is 0 Å². The predicted molar refractivity (Wildman–Crippen MR) is 146 cm³/mol. The number of aromatic nitrogens is 2. The van der Waals surface area contributed by atoms with Gasteiger partial charge in [-0.2, -0.15) is 4.57 Å². The Morgan fingerprint density at radius 2 is 1.40 bits per heavy atom. The third-order valence-electron chi connectivity index (χ3n) is 7.48. The molecule has 2 nitrogen and oxygen atoms in total. The average molecular weight is 464 g/mol. The van der Waals surface area contributed by atoms with Gasteiger partial charge in [-0.25, -0.2) is 4.57 Å². The van der Waals surface area contributed by atoms with E-state index in [-0.39, 0.29) is 0 Å². The highest BCUT2D eigenvalue weighted by molar-refractivity contribution is 5.71. The van der Waals surface area contributed by atoms with Crippen LogP contribution >= 0.6 is 0 Å². The van der Waals surface area contributed by atoms with Crippen molar-refractivity contribution in [2.45, 2.75) is 59.8 Å². The Morgan fingerprint density at radius 3 is 2.03 bits per heavy atom. The summed E-state index contributed by atoms with van der Waals surface area (Å²) in [4.78, 5) is 0. The highest BCUT2D eigenvalue weighted by atomic mass is 15.2. The molecule has 0 saturated heterocycles. The van der Waals surface area contributed by atoms with E-state index in [4.69, 9.17) is 0 Å². The lowest BCUT2D eigenvalue weighted by Crippen LogP contribution is -2.35. The van der Waals surface area contributed by atoms with Crippen LogP contribution < -0.4 is 4.57 Å². The lowest BCUT2D eigenvalue weighted by Gasteiger charge is -2.26. The number of hydrogen-bond acceptors (Lipinski definition) is 0. The van der Waals surface area contributed by atoms with Crippen LogP contribution in [-0.2, 0) is 26.3 Å². The van der Waals surface area contributed by atoms with Crippen molar-refractivity contribution in [1.82, 2.24) is 4.57 Å². The van der Waals surface area contributed by atoms with Crippen molar-refractivity contribution in [1.29, 1.82) is 0 Å². The van der Waals surface area contributed by atoms with Crippen molar-refractivity contribution in [2.75, 3.05) is 0 Å². The number of benzene rings is 3. The summed E-state index contributed by atoms with van der Waals surface area (Å²) in [6.07, 6.45) is 5.58. The maximum Gasteiger partial charge on any atom is 0.262 e. The first-order valence-electron chi connectivity index (χ1n) is 13.2. The fourth-order valence-corrected chi connectivity index (χ4v) is 6.03. The first-order valence-corrected chi connectivity index (χ1v) is 13.2. The largest absolute Gasteiger partial charge is 0.262 e. The number of fused-ring (bicyclic) bond motifs is 3. The molecule has 0 radical (unpaired) electrons. The van der Waals surface area contributed by atoms with Gasteiger partial charge in [0.25, 0.3) is 5.82 Å². The molecule has 180 valence electrons. The second-order valence-corrected chi connectivity index (χ2v) is 11.2. The Bertz CT molecular complexity index is 1330. The maximum atomic E-state index is 2.56. The van der Waals surface area contributed by atoms with Gasteiger partial charge in [-0.1, -0.05) is 88.4 Å². The zero-order valence-corrected chi connectivity index (χ0v) is 22.2. The fourth-order valence-electron chi connectivity index (χ4n) is 6.03. The zero-order chi connectivity index (χ0) is 24.7. The van der Waals surface area contributed by atoms with Crippen LogP contribution in [0.3, 0.4) is 0 Å². The topological polar surface area (TPSA) is 8.81 Å². The molecule has 2 heteroatoms. The third-order valence-corrected chi connectivity index (χ3v) is 7.48. The summed E-state index contributed by atoms with van der Waals surface area (Å²) in [5, 5.41) is 0. The molecule has 0 spiro atoms. The second kappa shape index (κ2) is 9.49. The molecule has 0 saturated carbocycles. The van der Waals surface area contributed by atoms with E-state index in [2.05, 4.69) is 124 Å². The zero-order valence-electron chi connectivity index (χ0n) is 22.2. The number of nitrogens with zero attached hydrogens (tertiary/aromatic N) is 2. The standard InChI is InChI=1S/C33H39N2/c1-22(2)18-25-13-11-14-26(19-23(3)4)33(25)31-21-34(6)32-20-29(27-15-8-7-12-24(27)5)28-16-9-10-17-30(28)35(31)32/h7-17,21-23,29H,18-20H2,1-6H3/q+1. The summed E-state index contributed by atoms with van der Waals surface area (Å²) < 4.78 is 4.94. The molecular formula is C33H39N2+. The lowest BCUT2D eigenvalue weighted by atomic mass is 9.82. The highest BCUT2D eigenvalue weighted by Gasteiger charge is 2.37. The lowest BCUT2D eigenvalue weighted by molar-refractivity contribution is -0.678. The van der Waals surface area contributed by atoms with Crippen LogP contribution in [0.5, 0.6) is 0 Å². The molecule has 0 aliphatic carbocycles. The van der Waals surface area contributed by atoms with Gasteiger partial charge in [-0.15, -0.1) is 0 Å². The quantitative estimate of drug-likeness (QED) is 0.264. The van der Waals surface area contributed by atoms with Gasteiger partial charge in [0.2, 0.25) is 0 Å². The number of rotatable bonds is 6. The second-order valence-electron chi connectivity index (χ2n) is 11.2. The third kappa shape index (κ3) is 4.35. The molecule has 1 aliphatic heterocycles. The summed E-state index contributed by atoms with van der Waals surface area (Å²) >= 11 is 0. The molecule has 1 unspecified atom stereocenters. The molecular weight excluding hydrogens is 424 g/mol. The Balaban J connectivity index is 1.75. The van der Waals surface area contributed by atoms with Crippen LogP contribution in [-0.4, -0.2) is 4.57 Å². The Hall–Kier alpha value is -3.13. The minimum absolute atomic E-state index is 0.370. The van der Waals surface area contributed by atoms with Crippen LogP contribution in [0.15, 0.2) is 72.9 Å². The minimum Gasteiger partial charge on any atom is -0.236 e. The van der Waals surface area contributed by atoms with Crippen LogP contribution in [0.25, 0.3) is 16.9 Å². The van der Waals surface area contributed by atoms with Crippen molar-refractivity contribution in [3.8, 4) is 16.9 Å². The molecule has 0 bridgehead atoms. The minimum atomic E-state index is 0.370. The summed E-state index contributed by atoms with van der Waals surface area (Å²) in [6.45, 7) is 11.6. The molecule has 3 aromatic carbocycles. The molecule has 0 amide bonds. The van der Waals surface area contributed by atoms with Crippen molar-refractivity contribution < 1.29 is 4.57 Å². The van der Waals surface area contributed by atoms with E-state index in [1.54, 1.807) is 0 Å². The maximum absolute atomic E-state index is 2.56. The predicted octanol–water partition coefficient (Wildman–Crippen LogP) is 7.36. The van der Waals surface area contributed by atoms with E-state index in [0.717, 1.165) is 19.3 Å². The van der Waals surface area contributed by atoms with E-state index in [9.17, 15) is 0 Å². The molecule has 2 heterocycles. The smallest absolute Gasteiger partial charge is 0.236 e. The van der Waals surface area contributed by atoms with Gasteiger partial charge in [0.1, 0.15) is 11.9 Å². The number of aryl methyl sites for hydroxylation is 2. The van der Waals surface area contributed by atoms with E-state index in [0.29, 0.717) is 17.8 Å². The normalized spacial score (nSPS) is 14.9. The Kier molecular flexibility index (Phi) is 6.40. The summed E-state index contributed by atoms with van der Waals surface area (Å²) in [5.74, 6) is 2.98. The van der Waals surface area contributed by atoms with E-state index in [1.807, 2.05) is 0 Å². The molecule has 1 aromatic heterocycles. The summed E-state index contributed by atoms with van der Waals surface area (Å²) in [6, 6.07) is 24.9. The summed E-state index contributed by atoms with van der Waals surface area (Å²) in [5.41, 5.74) is 11.3. The molecule has 1 atom stereocenters. The van der Waals surface area contributed by atoms with E-state index >= 15 is 0 Å². The average Bonchev–Trinajstić information content (AvgIpc) is 3.14. The molecule has 1 aliphatic rings. The van der Waals surface area contributed by atoms with Gasteiger partial charge in [0.15, 0.2) is 5.69 Å². The van der Waals surface area contributed by atoms with Gasteiger partial charge in [0, 0.05) is 17.0 Å². The van der Waals surface area contributed by atoms with Crippen LogP contribution in [0, 0.1) is 18.8 Å². The van der Waals surface area contributed by atoms with Gasteiger partial charge in [-0.3, -0.25) is 0 Å². The van der Waals surface area contributed by atoms with Crippen molar-refractivity contribution in [2.24, 2.45) is 18.9 Å². The van der Waals surface area contributed by atoms with Crippen LogP contribution in [0.1, 0.15) is 67.3 Å². The number of para-hydroxylation sites is 1. The van der Waals surface area contributed by atoms with Crippen molar-refractivity contribution in [3.05, 3.63) is 107 Å². The monoisotopic (exact) mass is 463 g/mol. The first kappa shape index (κ1) is 23.6. The van der Waals surface area contributed by atoms with Gasteiger partial charge < -0.3 is 0 Å². The van der Waals surface area contributed by atoms with E-state index in [1.165, 1.54) is 50.6 Å². The molecule has 0 N–H and O–H groups in total. The summed E-state index contributed by atoms with van der Waals surface area (Å²) in [7, 11) is 2.23. The SMILES string of the molecule is Cc1ccccc1C1Cc2n(c(-c3c(CC(C)C)cccc3CC(C)C)c[n+]2C)-c2ccccc21. The molecule has 5 rings (SSSR count). The Morgan fingerprint density at radius 1 is 0.800 bits per heavy atom. The van der Waals surface area contributed by atoms with Crippen molar-refractivity contribution in [3.63, 3.8) is 0 Å². The fraction of sp³-hybridized carbons (Fsp3) is 0.364. The Labute approximate surface area is 211 Å². The first-order chi connectivity index (χ1) is 16.8.